The molecule has 4 rings (SSSR count). The van der Waals surface area contributed by atoms with Gasteiger partial charge in [-0.3, -0.25) is 9.69 Å². The maximum absolute atomic E-state index is 12.7. The highest BCUT2D eigenvalue weighted by Crippen LogP contribution is 2.38. The minimum Gasteiger partial charge on any atom is -0.493 e. The fourth-order valence-electron chi connectivity index (χ4n) is 4.60. The first-order valence-electron chi connectivity index (χ1n) is 11.4. The molecule has 1 fully saturated rings. The Kier molecular flexibility index (Phi) is 7.25. The standard InChI is InChI=1S/C24H34N4O3/c1-27-13-15-30-14-5-4-8-24(18-31-22-7-3-2-6-20(22)17-27)9-11-28(12-10-24)23(29)21-16-25-19-26-21/h2-3,6-7,16,19H,4-5,8-15,17-18H2,1H3,(H,25,26). The molecule has 1 spiro atoms. The Labute approximate surface area is 184 Å². The number of nitrogens with one attached hydrogen (secondary N) is 1. The van der Waals surface area contributed by atoms with Crippen molar-refractivity contribution in [1.29, 1.82) is 0 Å². The van der Waals surface area contributed by atoms with Gasteiger partial charge in [0.25, 0.3) is 5.91 Å². The van der Waals surface area contributed by atoms with Gasteiger partial charge in [0.05, 0.1) is 25.7 Å². The van der Waals surface area contributed by atoms with E-state index in [0.29, 0.717) is 12.3 Å². The van der Waals surface area contributed by atoms with E-state index in [1.165, 1.54) is 5.56 Å². The summed E-state index contributed by atoms with van der Waals surface area (Å²) in [6, 6.07) is 8.35. The number of nitrogens with zero attached hydrogens (tertiary/aromatic N) is 3. The maximum atomic E-state index is 12.7. The molecule has 1 saturated heterocycles. The number of hydrogen-bond donors (Lipinski definition) is 1. The minimum atomic E-state index is 0.0379. The Morgan fingerprint density at radius 1 is 1.10 bits per heavy atom. The molecule has 3 heterocycles. The number of carbonyl (C=O) groups is 1. The number of carbonyl (C=O) groups excluding carboxylic acids is 1. The number of hydrogen-bond acceptors (Lipinski definition) is 5. The highest BCUT2D eigenvalue weighted by atomic mass is 16.5. The molecule has 2 aliphatic rings. The average Bonchev–Trinajstić information content (AvgIpc) is 3.33. The van der Waals surface area contributed by atoms with Crippen molar-refractivity contribution in [2.75, 3.05) is 46.5 Å². The number of amides is 1. The van der Waals surface area contributed by atoms with Crippen LogP contribution >= 0.6 is 0 Å². The summed E-state index contributed by atoms with van der Waals surface area (Å²) in [5, 5.41) is 0. The summed E-state index contributed by atoms with van der Waals surface area (Å²) in [4.78, 5) is 23.8. The summed E-state index contributed by atoms with van der Waals surface area (Å²) >= 11 is 0. The molecule has 7 nitrogen and oxygen atoms in total. The van der Waals surface area contributed by atoms with E-state index < -0.39 is 0 Å². The molecule has 0 unspecified atom stereocenters. The van der Waals surface area contributed by atoms with E-state index in [-0.39, 0.29) is 11.3 Å². The van der Waals surface area contributed by atoms with Gasteiger partial charge in [-0.2, -0.15) is 0 Å². The normalized spacial score (nSPS) is 21.1. The van der Waals surface area contributed by atoms with E-state index >= 15 is 0 Å². The van der Waals surface area contributed by atoms with Crippen LogP contribution in [0.1, 0.15) is 48.2 Å². The highest BCUT2D eigenvalue weighted by Gasteiger charge is 2.37. The predicted octanol–water partition coefficient (Wildman–Crippen LogP) is 3.34. The predicted molar refractivity (Wildman–Crippen MR) is 119 cm³/mol. The second-order valence-corrected chi connectivity index (χ2v) is 8.96. The lowest BCUT2D eigenvalue weighted by Gasteiger charge is -2.42. The third-order valence-electron chi connectivity index (χ3n) is 6.65. The number of benzene rings is 1. The van der Waals surface area contributed by atoms with Crippen molar-refractivity contribution in [3.05, 3.63) is 48.0 Å². The molecule has 0 saturated carbocycles. The van der Waals surface area contributed by atoms with Crippen molar-refractivity contribution >= 4 is 5.91 Å². The molecule has 0 atom stereocenters. The van der Waals surface area contributed by atoms with Crippen molar-refractivity contribution in [2.24, 2.45) is 5.41 Å². The molecule has 1 aromatic carbocycles. The average molecular weight is 427 g/mol. The number of likely N-dealkylation sites (tertiary alicyclic amines) is 1. The number of aromatic amines is 1. The molecule has 0 bridgehead atoms. The number of ether oxygens (including phenoxy) is 2. The largest absolute Gasteiger partial charge is 0.493 e. The zero-order valence-electron chi connectivity index (χ0n) is 18.5. The van der Waals surface area contributed by atoms with Crippen LogP contribution < -0.4 is 4.74 Å². The lowest BCUT2D eigenvalue weighted by molar-refractivity contribution is 0.0330. The maximum Gasteiger partial charge on any atom is 0.271 e. The van der Waals surface area contributed by atoms with Crippen LogP contribution in [-0.2, 0) is 11.3 Å². The summed E-state index contributed by atoms with van der Waals surface area (Å²) in [5.41, 5.74) is 1.87. The van der Waals surface area contributed by atoms with E-state index in [1.54, 1.807) is 12.5 Å². The highest BCUT2D eigenvalue weighted by molar-refractivity contribution is 5.92. The molecular weight excluding hydrogens is 392 g/mol. The van der Waals surface area contributed by atoms with E-state index in [2.05, 4.69) is 40.1 Å². The van der Waals surface area contributed by atoms with Crippen LogP contribution in [0.25, 0.3) is 0 Å². The Morgan fingerprint density at radius 2 is 1.94 bits per heavy atom. The first kappa shape index (κ1) is 21.8. The lowest BCUT2D eigenvalue weighted by Crippen LogP contribution is -2.45. The van der Waals surface area contributed by atoms with Gasteiger partial charge in [-0.05, 0) is 38.8 Å². The van der Waals surface area contributed by atoms with Gasteiger partial charge >= 0.3 is 0 Å². The van der Waals surface area contributed by atoms with E-state index in [1.807, 2.05) is 11.0 Å². The van der Waals surface area contributed by atoms with Gasteiger partial charge in [0, 0.05) is 43.8 Å². The van der Waals surface area contributed by atoms with Crippen molar-refractivity contribution in [2.45, 2.75) is 38.6 Å². The van der Waals surface area contributed by atoms with Crippen LogP contribution in [-0.4, -0.2) is 72.2 Å². The molecular formula is C24H34N4O3. The molecule has 1 N–H and O–H groups in total. The topological polar surface area (TPSA) is 70.7 Å². The summed E-state index contributed by atoms with van der Waals surface area (Å²) in [5.74, 6) is 1.01. The van der Waals surface area contributed by atoms with Crippen LogP contribution in [0.3, 0.4) is 0 Å². The zero-order chi connectivity index (χ0) is 21.5. The summed E-state index contributed by atoms with van der Waals surface area (Å²) in [7, 11) is 2.12. The van der Waals surface area contributed by atoms with Crippen LogP contribution in [0.4, 0.5) is 0 Å². The smallest absolute Gasteiger partial charge is 0.271 e. The molecule has 168 valence electrons. The van der Waals surface area contributed by atoms with Crippen molar-refractivity contribution < 1.29 is 14.3 Å². The van der Waals surface area contributed by atoms with E-state index in [9.17, 15) is 4.79 Å². The Morgan fingerprint density at radius 3 is 2.74 bits per heavy atom. The number of likely N-dealkylation sites (N-methyl/N-ethyl adjacent to an activating group) is 1. The van der Waals surface area contributed by atoms with Gasteiger partial charge in [-0.1, -0.05) is 24.6 Å². The van der Waals surface area contributed by atoms with Crippen LogP contribution in [0.15, 0.2) is 36.8 Å². The quantitative estimate of drug-likeness (QED) is 0.757. The molecule has 2 aliphatic heterocycles. The third-order valence-corrected chi connectivity index (χ3v) is 6.65. The Balaban J connectivity index is 1.46. The monoisotopic (exact) mass is 426 g/mol. The van der Waals surface area contributed by atoms with Gasteiger partial charge in [-0.25, -0.2) is 4.98 Å². The summed E-state index contributed by atoms with van der Waals surface area (Å²) in [6.07, 6.45) is 8.36. The second kappa shape index (κ2) is 10.3. The fourth-order valence-corrected chi connectivity index (χ4v) is 4.60. The lowest BCUT2D eigenvalue weighted by atomic mass is 9.75. The first-order valence-corrected chi connectivity index (χ1v) is 11.4. The van der Waals surface area contributed by atoms with E-state index in [4.69, 9.17) is 9.47 Å². The van der Waals surface area contributed by atoms with Crippen molar-refractivity contribution in [3.8, 4) is 5.75 Å². The minimum absolute atomic E-state index is 0.0379. The molecule has 2 aromatic rings. The molecule has 0 radical (unpaired) electrons. The molecule has 7 heteroatoms. The SMILES string of the molecule is CN1CCOCCCCC2(CCN(C(=O)c3cnc[nH]3)CC2)COc2ccccc2C1. The molecule has 31 heavy (non-hydrogen) atoms. The van der Waals surface area contributed by atoms with Gasteiger partial charge in [0.1, 0.15) is 11.4 Å². The summed E-state index contributed by atoms with van der Waals surface area (Å²) in [6.45, 7) is 5.53. The fraction of sp³-hybridized carbons (Fsp3) is 0.583. The summed E-state index contributed by atoms with van der Waals surface area (Å²) < 4.78 is 12.3. The van der Waals surface area contributed by atoms with Gasteiger partial charge < -0.3 is 19.4 Å². The van der Waals surface area contributed by atoms with Crippen molar-refractivity contribution in [1.82, 2.24) is 19.8 Å². The third kappa shape index (κ3) is 5.66. The number of H-pyrrole nitrogens is 1. The Hall–Kier alpha value is -2.38. The van der Waals surface area contributed by atoms with Gasteiger partial charge in [0.15, 0.2) is 0 Å². The number of aromatic nitrogens is 2. The van der Waals surface area contributed by atoms with E-state index in [0.717, 1.165) is 77.2 Å². The van der Waals surface area contributed by atoms with Crippen LogP contribution in [0.5, 0.6) is 5.75 Å². The second-order valence-electron chi connectivity index (χ2n) is 8.96. The number of rotatable bonds is 1. The Bertz CT molecular complexity index is 831. The molecule has 0 aliphatic carbocycles. The zero-order valence-corrected chi connectivity index (χ0v) is 18.5. The first-order chi connectivity index (χ1) is 15.2. The number of imidazole rings is 1. The van der Waals surface area contributed by atoms with Crippen molar-refractivity contribution in [3.63, 3.8) is 0 Å². The van der Waals surface area contributed by atoms with Crippen LogP contribution in [0, 0.1) is 5.41 Å². The number of para-hydroxylation sites is 1. The number of piperidine rings is 1. The molecule has 1 aromatic heterocycles. The molecule has 1 amide bonds. The van der Waals surface area contributed by atoms with Crippen LogP contribution in [0.2, 0.25) is 0 Å². The van der Waals surface area contributed by atoms with Gasteiger partial charge in [0.2, 0.25) is 0 Å². The number of fused-ring (bicyclic) bond motifs is 1. The van der Waals surface area contributed by atoms with Gasteiger partial charge in [-0.15, -0.1) is 0 Å².